The van der Waals surface area contributed by atoms with Gasteiger partial charge < -0.3 is 9.47 Å². The first-order valence-corrected chi connectivity index (χ1v) is 6.08. The number of benzene rings is 2. The third-order valence-electron chi connectivity index (χ3n) is 2.64. The predicted octanol–water partition coefficient (Wildman–Crippen LogP) is 4.68. The van der Waals surface area contributed by atoms with Gasteiger partial charge >= 0.3 is 0 Å². The fraction of sp³-hybridized carbons (Fsp3) is 0.143. The Hall–Kier alpha value is -1.38. The molecular weight excluding hydrogens is 271 g/mol. The molecule has 2 aromatic rings. The normalized spacial score (nSPS) is 10.2. The van der Waals surface area contributed by atoms with Gasteiger partial charge in [-0.3, -0.25) is 0 Å². The highest BCUT2D eigenvalue weighted by Crippen LogP contribution is 2.36. The molecule has 2 rings (SSSR count). The Morgan fingerprint density at radius 1 is 0.722 bits per heavy atom. The topological polar surface area (TPSA) is 18.5 Å². The summed E-state index contributed by atoms with van der Waals surface area (Å²) in [4.78, 5) is 0. The molecule has 0 aromatic heterocycles. The minimum atomic E-state index is 0.599. The van der Waals surface area contributed by atoms with Crippen LogP contribution in [0.5, 0.6) is 11.5 Å². The minimum absolute atomic E-state index is 0.599. The molecule has 0 spiro atoms. The van der Waals surface area contributed by atoms with Gasteiger partial charge in [0.15, 0.2) is 0 Å². The van der Waals surface area contributed by atoms with E-state index in [9.17, 15) is 0 Å². The highest BCUT2D eigenvalue weighted by Gasteiger charge is 2.09. The average Bonchev–Trinajstić information content (AvgIpc) is 2.39. The van der Waals surface area contributed by atoms with Crippen LogP contribution in [-0.4, -0.2) is 14.2 Å². The molecule has 0 radical (unpaired) electrons. The first-order valence-electron chi connectivity index (χ1n) is 5.33. The van der Waals surface area contributed by atoms with Crippen LogP contribution in [0.1, 0.15) is 0 Å². The Labute approximate surface area is 116 Å². The van der Waals surface area contributed by atoms with Crippen molar-refractivity contribution >= 4 is 23.2 Å². The van der Waals surface area contributed by atoms with Gasteiger partial charge in [-0.05, 0) is 36.4 Å². The van der Waals surface area contributed by atoms with Crippen molar-refractivity contribution in [1.29, 1.82) is 0 Å². The molecule has 0 heterocycles. The van der Waals surface area contributed by atoms with Gasteiger partial charge in [-0.15, -0.1) is 0 Å². The summed E-state index contributed by atoms with van der Waals surface area (Å²) in [5.74, 6) is 1.43. The Morgan fingerprint density at radius 2 is 1.11 bits per heavy atom. The highest BCUT2D eigenvalue weighted by atomic mass is 35.5. The Morgan fingerprint density at radius 3 is 1.39 bits per heavy atom. The third-order valence-corrected chi connectivity index (χ3v) is 3.27. The molecule has 2 aromatic carbocycles. The number of hydrogen-bond donors (Lipinski definition) is 0. The largest absolute Gasteiger partial charge is 0.497 e. The Bertz CT molecular complexity index is 516. The van der Waals surface area contributed by atoms with Crippen LogP contribution < -0.4 is 9.47 Å². The maximum atomic E-state index is 6.22. The van der Waals surface area contributed by atoms with Gasteiger partial charge in [-0.25, -0.2) is 0 Å². The van der Waals surface area contributed by atoms with Crippen molar-refractivity contribution in [3.8, 4) is 22.6 Å². The van der Waals surface area contributed by atoms with Gasteiger partial charge in [-0.2, -0.15) is 0 Å². The summed E-state index contributed by atoms with van der Waals surface area (Å²) < 4.78 is 10.2. The predicted molar refractivity (Wildman–Crippen MR) is 75.0 cm³/mol. The van der Waals surface area contributed by atoms with Crippen LogP contribution >= 0.6 is 23.2 Å². The summed E-state index contributed by atoms with van der Waals surface area (Å²) >= 11 is 12.4. The van der Waals surface area contributed by atoms with E-state index >= 15 is 0 Å². The molecule has 0 bridgehead atoms. The SMILES string of the molecule is COc1ccc(-c2ccc(OC)cc2Cl)c(Cl)c1. The molecule has 0 saturated carbocycles. The van der Waals surface area contributed by atoms with Gasteiger partial charge in [0.25, 0.3) is 0 Å². The average molecular weight is 283 g/mol. The fourth-order valence-electron chi connectivity index (χ4n) is 1.68. The second kappa shape index (κ2) is 5.51. The van der Waals surface area contributed by atoms with Crippen molar-refractivity contribution in [3.05, 3.63) is 46.4 Å². The maximum absolute atomic E-state index is 6.22. The van der Waals surface area contributed by atoms with Crippen LogP contribution in [0.2, 0.25) is 10.0 Å². The molecule has 0 fully saturated rings. The second-order valence-electron chi connectivity index (χ2n) is 3.69. The van der Waals surface area contributed by atoms with Gasteiger partial charge in [0.2, 0.25) is 0 Å². The van der Waals surface area contributed by atoms with E-state index in [1.54, 1.807) is 26.4 Å². The minimum Gasteiger partial charge on any atom is -0.497 e. The number of methoxy groups -OCH3 is 2. The van der Waals surface area contributed by atoms with E-state index in [2.05, 4.69) is 0 Å². The summed E-state index contributed by atoms with van der Waals surface area (Å²) in [6, 6.07) is 11.0. The molecular formula is C14H12Cl2O2. The summed E-state index contributed by atoms with van der Waals surface area (Å²) in [5, 5.41) is 1.20. The van der Waals surface area contributed by atoms with Crippen LogP contribution in [0, 0.1) is 0 Å². The Kier molecular flexibility index (Phi) is 4.00. The molecule has 0 aliphatic rings. The van der Waals surface area contributed by atoms with E-state index in [-0.39, 0.29) is 0 Å². The molecule has 94 valence electrons. The molecule has 0 aliphatic heterocycles. The van der Waals surface area contributed by atoms with Crippen LogP contribution in [0.4, 0.5) is 0 Å². The summed E-state index contributed by atoms with van der Waals surface area (Å²) in [7, 11) is 3.21. The molecule has 0 saturated heterocycles. The lowest BCUT2D eigenvalue weighted by molar-refractivity contribution is 0.414. The molecule has 2 nitrogen and oxygen atoms in total. The lowest BCUT2D eigenvalue weighted by Crippen LogP contribution is -1.87. The zero-order valence-corrected chi connectivity index (χ0v) is 11.5. The van der Waals surface area contributed by atoms with Crippen molar-refractivity contribution in [2.24, 2.45) is 0 Å². The quantitative estimate of drug-likeness (QED) is 0.814. The van der Waals surface area contributed by atoms with Crippen LogP contribution in [0.15, 0.2) is 36.4 Å². The molecule has 18 heavy (non-hydrogen) atoms. The van der Waals surface area contributed by atoms with Crippen LogP contribution in [0.3, 0.4) is 0 Å². The third kappa shape index (κ3) is 2.55. The first kappa shape index (κ1) is 13.1. The standard InChI is InChI=1S/C14H12Cl2O2/c1-17-9-3-5-11(13(15)7-9)12-6-4-10(18-2)8-14(12)16/h3-8H,1-2H3. The summed E-state index contributed by atoms with van der Waals surface area (Å²) in [6.45, 7) is 0. The first-order chi connectivity index (χ1) is 8.65. The van der Waals surface area contributed by atoms with Crippen molar-refractivity contribution < 1.29 is 9.47 Å². The second-order valence-corrected chi connectivity index (χ2v) is 4.51. The van der Waals surface area contributed by atoms with Crippen LogP contribution in [0.25, 0.3) is 11.1 Å². The van der Waals surface area contributed by atoms with E-state index in [4.69, 9.17) is 32.7 Å². The maximum Gasteiger partial charge on any atom is 0.120 e. The molecule has 0 amide bonds. The zero-order chi connectivity index (χ0) is 13.1. The smallest absolute Gasteiger partial charge is 0.120 e. The van der Waals surface area contributed by atoms with Gasteiger partial charge in [0.05, 0.1) is 24.3 Å². The number of rotatable bonds is 3. The van der Waals surface area contributed by atoms with Crippen molar-refractivity contribution in [2.75, 3.05) is 14.2 Å². The van der Waals surface area contributed by atoms with E-state index in [1.165, 1.54) is 0 Å². The van der Waals surface area contributed by atoms with Crippen LogP contribution in [-0.2, 0) is 0 Å². The van der Waals surface area contributed by atoms with Crippen molar-refractivity contribution in [1.82, 2.24) is 0 Å². The monoisotopic (exact) mass is 282 g/mol. The molecule has 4 heteroatoms. The lowest BCUT2D eigenvalue weighted by Gasteiger charge is -2.10. The summed E-state index contributed by atoms with van der Waals surface area (Å²) in [5.41, 5.74) is 1.73. The number of ether oxygens (including phenoxy) is 2. The van der Waals surface area contributed by atoms with Crippen molar-refractivity contribution in [3.63, 3.8) is 0 Å². The van der Waals surface area contributed by atoms with Crippen molar-refractivity contribution in [2.45, 2.75) is 0 Å². The van der Waals surface area contributed by atoms with Gasteiger partial charge in [-0.1, -0.05) is 23.2 Å². The number of hydrogen-bond acceptors (Lipinski definition) is 2. The van der Waals surface area contributed by atoms with E-state index < -0.39 is 0 Å². The van der Waals surface area contributed by atoms with E-state index in [1.807, 2.05) is 24.3 Å². The van der Waals surface area contributed by atoms with E-state index in [0.29, 0.717) is 21.5 Å². The number of halogens is 2. The molecule has 0 atom stereocenters. The fourth-order valence-corrected chi connectivity index (χ4v) is 2.23. The molecule has 0 unspecified atom stereocenters. The lowest BCUT2D eigenvalue weighted by atomic mass is 10.1. The Balaban J connectivity index is 2.48. The van der Waals surface area contributed by atoms with Gasteiger partial charge in [0.1, 0.15) is 11.5 Å². The highest BCUT2D eigenvalue weighted by molar-refractivity contribution is 6.36. The molecule has 0 N–H and O–H groups in total. The molecule has 0 aliphatic carbocycles. The zero-order valence-electron chi connectivity index (χ0n) is 10.0. The summed E-state index contributed by atoms with van der Waals surface area (Å²) in [6.07, 6.45) is 0. The van der Waals surface area contributed by atoms with Gasteiger partial charge in [0, 0.05) is 11.1 Å². The van der Waals surface area contributed by atoms with E-state index in [0.717, 1.165) is 11.1 Å².